The van der Waals surface area contributed by atoms with Crippen molar-refractivity contribution in [1.29, 1.82) is 0 Å². The van der Waals surface area contributed by atoms with Gasteiger partial charge in [0.1, 0.15) is 11.5 Å². The maximum Gasteiger partial charge on any atom is 0.119 e. The van der Waals surface area contributed by atoms with Gasteiger partial charge in [-0.3, -0.25) is 0 Å². The van der Waals surface area contributed by atoms with Crippen molar-refractivity contribution in [1.82, 2.24) is 0 Å². The van der Waals surface area contributed by atoms with Crippen LogP contribution in [0.25, 0.3) is 0 Å². The summed E-state index contributed by atoms with van der Waals surface area (Å²) >= 11 is 0. The van der Waals surface area contributed by atoms with Crippen molar-refractivity contribution in [2.24, 2.45) is 0 Å². The lowest BCUT2D eigenvalue weighted by atomic mass is 10.0. The number of unbranched alkanes of at least 4 members (excludes halogenated alkanes) is 1. The quantitative estimate of drug-likeness (QED) is 0.702. The fourth-order valence-corrected chi connectivity index (χ4v) is 1.40. The van der Waals surface area contributed by atoms with Gasteiger partial charge in [0.25, 0.3) is 0 Å². The average Bonchev–Trinajstić information content (AvgIpc) is 2.12. The van der Waals surface area contributed by atoms with Crippen LogP contribution in [0.5, 0.6) is 11.5 Å². The molecule has 1 rings (SSSR count). The first kappa shape index (κ1) is 9.90. The number of benzene rings is 1. The van der Waals surface area contributed by atoms with Gasteiger partial charge < -0.3 is 10.2 Å². The highest BCUT2D eigenvalue weighted by molar-refractivity contribution is 5.46. The van der Waals surface area contributed by atoms with Gasteiger partial charge in [0.2, 0.25) is 0 Å². The van der Waals surface area contributed by atoms with E-state index < -0.39 is 0 Å². The Morgan fingerprint density at radius 1 is 1.15 bits per heavy atom. The molecule has 2 nitrogen and oxygen atoms in total. The minimum absolute atomic E-state index is 0.268. The first-order chi connectivity index (χ1) is 6.16. The Labute approximate surface area is 78.8 Å². The van der Waals surface area contributed by atoms with Gasteiger partial charge in [-0.25, -0.2) is 0 Å². The van der Waals surface area contributed by atoms with Crippen molar-refractivity contribution in [3.63, 3.8) is 0 Å². The minimum Gasteiger partial charge on any atom is -0.508 e. The van der Waals surface area contributed by atoms with E-state index >= 15 is 0 Å². The van der Waals surface area contributed by atoms with Crippen LogP contribution >= 0.6 is 0 Å². The predicted molar refractivity (Wildman–Crippen MR) is 53.1 cm³/mol. The van der Waals surface area contributed by atoms with Crippen molar-refractivity contribution in [3.8, 4) is 11.5 Å². The topological polar surface area (TPSA) is 40.5 Å². The van der Waals surface area contributed by atoms with E-state index in [9.17, 15) is 10.2 Å². The Morgan fingerprint density at radius 2 is 1.77 bits per heavy atom. The monoisotopic (exact) mass is 180 g/mol. The van der Waals surface area contributed by atoms with E-state index in [0.717, 1.165) is 30.4 Å². The summed E-state index contributed by atoms with van der Waals surface area (Å²) in [6, 6.07) is 3.08. The molecular weight excluding hydrogens is 164 g/mol. The zero-order valence-electron chi connectivity index (χ0n) is 8.17. The third kappa shape index (κ3) is 2.14. The Hall–Kier alpha value is -1.18. The van der Waals surface area contributed by atoms with E-state index in [0.29, 0.717) is 5.75 Å². The molecule has 13 heavy (non-hydrogen) atoms. The van der Waals surface area contributed by atoms with Crippen LogP contribution in [-0.2, 0) is 6.42 Å². The normalized spacial score (nSPS) is 10.3. The van der Waals surface area contributed by atoms with E-state index in [4.69, 9.17) is 0 Å². The standard InChI is InChI=1S/C11H16O2/c1-3-4-5-9-8(2)10(12)6-7-11(9)13/h6-7,12-13H,3-5H2,1-2H3. The molecule has 2 heteroatoms. The SMILES string of the molecule is CCCCc1c(O)ccc(O)c1C. The van der Waals surface area contributed by atoms with Gasteiger partial charge >= 0.3 is 0 Å². The number of rotatable bonds is 3. The Morgan fingerprint density at radius 3 is 2.38 bits per heavy atom. The summed E-state index contributed by atoms with van der Waals surface area (Å²) < 4.78 is 0. The molecule has 0 bridgehead atoms. The van der Waals surface area contributed by atoms with Crippen molar-refractivity contribution in [2.75, 3.05) is 0 Å². The summed E-state index contributed by atoms with van der Waals surface area (Å²) in [6.07, 6.45) is 2.97. The molecule has 0 amide bonds. The van der Waals surface area contributed by atoms with Crippen LogP contribution in [0.1, 0.15) is 30.9 Å². The van der Waals surface area contributed by atoms with Gasteiger partial charge in [0, 0.05) is 5.56 Å². The highest BCUT2D eigenvalue weighted by Gasteiger charge is 2.07. The van der Waals surface area contributed by atoms with Crippen LogP contribution in [-0.4, -0.2) is 10.2 Å². The summed E-state index contributed by atoms with van der Waals surface area (Å²) in [7, 11) is 0. The molecule has 1 aromatic rings. The number of phenols is 2. The summed E-state index contributed by atoms with van der Waals surface area (Å²) in [5, 5.41) is 18.9. The number of phenolic OH excluding ortho intramolecular Hbond substituents is 2. The van der Waals surface area contributed by atoms with Crippen LogP contribution in [0.2, 0.25) is 0 Å². The van der Waals surface area contributed by atoms with Gasteiger partial charge in [-0.2, -0.15) is 0 Å². The fraction of sp³-hybridized carbons (Fsp3) is 0.455. The van der Waals surface area contributed by atoms with Gasteiger partial charge in [-0.15, -0.1) is 0 Å². The van der Waals surface area contributed by atoms with Gasteiger partial charge in [-0.1, -0.05) is 13.3 Å². The molecule has 0 unspecified atom stereocenters. The highest BCUT2D eigenvalue weighted by atomic mass is 16.3. The molecule has 0 aliphatic carbocycles. The number of hydrogen-bond acceptors (Lipinski definition) is 2. The van der Waals surface area contributed by atoms with Gasteiger partial charge in [-0.05, 0) is 37.5 Å². The largest absolute Gasteiger partial charge is 0.508 e. The maximum atomic E-state index is 9.53. The van der Waals surface area contributed by atoms with Crippen LogP contribution < -0.4 is 0 Å². The van der Waals surface area contributed by atoms with Crippen LogP contribution in [0, 0.1) is 6.92 Å². The molecule has 2 N–H and O–H groups in total. The summed E-state index contributed by atoms with van der Waals surface area (Å²) in [5.74, 6) is 0.563. The number of aromatic hydroxyl groups is 2. The van der Waals surface area contributed by atoms with Crippen molar-refractivity contribution in [3.05, 3.63) is 23.3 Å². The molecule has 0 atom stereocenters. The molecular formula is C11H16O2. The molecule has 0 saturated carbocycles. The van der Waals surface area contributed by atoms with Gasteiger partial charge in [0.05, 0.1) is 0 Å². The molecule has 0 saturated heterocycles. The third-order valence-corrected chi connectivity index (χ3v) is 2.33. The Bertz CT molecular complexity index is 292. The maximum absolute atomic E-state index is 9.53. The second-order valence-electron chi connectivity index (χ2n) is 3.31. The molecule has 0 aliphatic heterocycles. The number of hydrogen-bond donors (Lipinski definition) is 2. The molecule has 0 radical (unpaired) electrons. The Kier molecular flexibility index (Phi) is 3.18. The molecule has 1 aromatic carbocycles. The van der Waals surface area contributed by atoms with E-state index in [1.165, 1.54) is 6.07 Å². The second kappa shape index (κ2) is 4.17. The molecule has 0 fully saturated rings. The predicted octanol–water partition coefficient (Wildman–Crippen LogP) is 2.75. The lowest BCUT2D eigenvalue weighted by Crippen LogP contribution is -1.90. The van der Waals surface area contributed by atoms with Crippen molar-refractivity contribution in [2.45, 2.75) is 33.1 Å². The van der Waals surface area contributed by atoms with E-state index in [1.807, 2.05) is 6.92 Å². The smallest absolute Gasteiger partial charge is 0.119 e. The van der Waals surface area contributed by atoms with Crippen LogP contribution in [0.4, 0.5) is 0 Å². The van der Waals surface area contributed by atoms with E-state index in [1.54, 1.807) is 6.07 Å². The summed E-state index contributed by atoms with van der Waals surface area (Å²) in [6.45, 7) is 3.94. The molecule has 0 aliphatic rings. The second-order valence-corrected chi connectivity index (χ2v) is 3.31. The van der Waals surface area contributed by atoms with E-state index in [2.05, 4.69) is 6.92 Å². The third-order valence-electron chi connectivity index (χ3n) is 2.33. The lowest BCUT2D eigenvalue weighted by molar-refractivity contribution is 0.449. The Balaban J connectivity index is 2.96. The van der Waals surface area contributed by atoms with E-state index in [-0.39, 0.29) is 5.75 Å². The fourth-order valence-electron chi connectivity index (χ4n) is 1.40. The van der Waals surface area contributed by atoms with Gasteiger partial charge in [0.15, 0.2) is 0 Å². The summed E-state index contributed by atoms with van der Waals surface area (Å²) in [4.78, 5) is 0. The highest BCUT2D eigenvalue weighted by Crippen LogP contribution is 2.29. The first-order valence-corrected chi connectivity index (χ1v) is 4.67. The average molecular weight is 180 g/mol. The molecule has 0 spiro atoms. The van der Waals surface area contributed by atoms with Crippen molar-refractivity contribution >= 4 is 0 Å². The molecule has 72 valence electrons. The first-order valence-electron chi connectivity index (χ1n) is 4.67. The molecule has 0 heterocycles. The zero-order valence-corrected chi connectivity index (χ0v) is 8.17. The lowest BCUT2D eigenvalue weighted by Gasteiger charge is -2.08. The molecule has 0 aromatic heterocycles. The zero-order chi connectivity index (χ0) is 9.84. The summed E-state index contributed by atoms with van der Waals surface area (Å²) in [5.41, 5.74) is 1.68. The van der Waals surface area contributed by atoms with Crippen molar-refractivity contribution < 1.29 is 10.2 Å². The van der Waals surface area contributed by atoms with Crippen LogP contribution in [0.15, 0.2) is 12.1 Å². The van der Waals surface area contributed by atoms with Crippen LogP contribution in [0.3, 0.4) is 0 Å². The minimum atomic E-state index is 0.268.